The summed E-state index contributed by atoms with van der Waals surface area (Å²) >= 11 is 1.69. The smallest absolute Gasteiger partial charge is 0.191 e. The number of thioether (sulfide) groups is 1. The van der Waals surface area contributed by atoms with Gasteiger partial charge in [-0.2, -0.15) is 0 Å². The van der Waals surface area contributed by atoms with E-state index in [1.165, 1.54) is 31.2 Å². The van der Waals surface area contributed by atoms with Gasteiger partial charge >= 0.3 is 0 Å². The quantitative estimate of drug-likeness (QED) is 0.250. The lowest BCUT2D eigenvalue weighted by molar-refractivity contribution is 0.223. The van der Waals surface area contributed by atoms with Crippen LogP contribution in [-0.4, -0.2) is 53.2 Å². The number of nitrogens with zero attached hydrogens (tertiary/aromatic N) is 4. The van der Waals surface area contributed by atoms with Gasteiger partial charge < -0.3 is 19.9 Å². The number of guanidine groups is 1. The van der Waals surface area contributed by atoms with Gasteiger partial charge in [0.15, 0.2) is 11.1 Å². The zero-order chi connectivity index (χ0) is 22.1. The average Bonchev–Trinajstić information content (AvgIpc) is 3.42. The predicted octanol–water partition coefficient (Wildman–Crippen LogP) is 3.99. The summed E-state index contributed by atoms with van der Waals surface area (Å²) in [4.78, 5) is 4.33. The Balaban J connectivity index is 1.41. The van der Waals surface area contributed by atoms with Gasteiger partial charge in [-0.15, -0.1) is 10.2 Å². The van der Waals surface area contributed by atoms with E-state index in [-0.39, 0.29) is 6.10 Å². The summed E-state index contributed by atoms with van der Waals surface area (Å²) in [7, 11) is 1.79. The molecule has 0 aliphatic heterocycles. The molecule has 2 N–H and O–H groups in total. The SMILES string of the molecule is CN=C(NCCCc1nnc(SC)n1C1CCCC1)NCC(C)Oc1cccc(C)c1. The highest BCUT2D eigenvalue weighted by molar-refractivity contribution is 7.98. The lowest BCUT2D eigenvalue weighted by atomic mass is 10.2. The molecule has 1 atom stereocenters. The number of hydrogen-bond acceptors (Lipinski definition) is 5. The molecule has 0 radical (unpaired) electrons. The molecule has 31 heavy (non-hydrogen) atoms. The molecule has 170 valence electrons. The van der Waals surface area contributed by atoms with Gasteiger partial charge in [0.2, 0.25) is 0 Å². The molecular weight excluding hydrogens is 408 g/mol. The highest BCUT2D eigenvalue weighted by Crippen LogP contribution is 2.33. The van der Waals surface area contributed by atoms with Crippen molar-refractivity contribution in [1.29, 1.82) is 0 Å². The van der Waals surface area contributed by atoms with Gasteiger partial charge in [0.1, 0.15) is 17.7 Å². The van der Waals surface area contributed by atoms with E-state index in [9.17, 15) is 0 Å². The highest BCUT2D eigenvalue weighted by atomic mass is 32.2. The molecule has 0 spiro atoms. The van der Waals surface area contributed by atoms with Crippen LogP contribution >= 0.6 is 11.8 Å². The molecule has 1 aliphatic rings. The van der Waals surface area contributed by atoms with Crippen molar-refractivity contribution < 1.29 is 4.74 Å². The maximum absolute atomic E-state index is 5.98. The van der Waals surface area contributed by atoms with Crippen LogP contribution in [0.25, 0.3) is 0 Å². The molecule has 8 heteroatoms. The third kappa shape index (κ3) is 6.89. The van der Waals surface area contributed by atoms with Crippen LogP contribution in [0.2, 0.25) is 0 Å². The predicted molar refractivity (Wildman–Crippen MR) is 128 cm³/mol. The summed E-state index contributed by atoms with van der Waals surface area (Å²) in [6, 6.07) is 8.70. The van der Waals surface area contributed by atoms with Crippen molar-refractivity contribution in [3.05, 3.63) is 35.7 Å². The van der Waals surface area contributed by atoms with Crippen LogP contribution in [0.3, 0.4) is 0 Å². The van der Waals surface area contributed by atoms with Gasteiger partial charge in [-0.1, -0.05) is 36.7 Å². The molecule has 0 saturated heterocycles. The number of aliphatic imine (C=N–C) groups is 1. The van der Waals surface area contributed by atoms with Crippen molar-refractivity contribution in [1.82, 2.24) is 25.4 Å². The lowest BCUT2D eigenvalue weighted by Crippen LogP contribution is -2.42. The average molecular weight is 445 g/mol. The molecule has 2 aromatic rings. The summed E-state index contributed by atoms with van der Waals surface area (Å²) in [5, 5.41) is 16.7. The second-order valence-electron chi connectivity index (χ2n) is 8.14. The fourth-order valence-electron chi connectivity index (χ4n) is 4.02. The third-order valence-electron chi connectivity index (χ3n) is 5.58. The number of aromatic nitrogens is 3. The van der Waals surface area contributed by atoms with Crippen LogP contribution in [0.4, 0.5) is 0 Å². The first kappa shape index (κ1) is 23.4. The second kappa shape index (κ2) is 12.0. The van der Waals surface area contributed by atoms with Gasteiger partial charge in [0.05, 0.1) is 6.54 Å². The van der Waals surface area contributed by atoms with Gasteiger partial charge in [0.25, 0.3) is 0 Å². The highest BCUT2D eigenvalue weighted by Gasteiger charge is 2.23. The minimum absolute atomic E-state index is 0.0373. The van der Waals surface area contributed by atoms with E-state index in [1.807, 2.05) is 12.1 Å². The molecule has 1 fully saturated rings. The minimum Gasteiger partial charge on any atom is -0.489 e. The Labute approximate surface area is 190 Å². The fourth-order valence-corrected chi connectivity index (χ4v) is 4.60. The summed E-state index contributed by atoms with van der Waals surface area (Å²) in [6.07, 6.45) is 9.13. The van der Waals surface area contributed by atoms with E-state index >= 15 is 0 Å². The number of ether oxygens (including phenoxy) is 1. The minimum atomic E-state index is 0.0373. The first-order valence-corrected chi connectivity index (χ1v) is 12.5. The van der Waals surface area contributed by atoms with Crippen LogP contribution in [0, 0.1) is 6.92 Å². The molecule has 0 amide bonds. The molecule has 1 aromatic carbocycles. The molecule has 1 aromatic heterocycles. The Hall–Kier alpha value is -2.22. The first-order valence-electron chi connectivity index (χ1n) is 11.3. The molecule has 1 heterocycles. The van der Waals surface area contributed by atoms with Gasteiger partial charge in [-0.05, 0) is 57.1 Å². The molecular formula is C23H36N6OS. The topological polar surface area (TPSA) is 76.4 Å². The Morgan fingerprint density at radius 3 is 2.81 bits per heavy atom. The zero-order valence-corrected chi connectivity index (χ0v) is 20.0. The van der Waals surface area contributed by atoms with Crippen LogP contribution in [0.5, 0.6) is 5.75 Å². The van der Waals surface area contributed by atoms with E-state index in [0.717, 1.165) is 42.1 Å². The van der Waals surface area contributed by atoms with Gasteiger partial charge in [-0.3, -0.25) is 4.99 Å². The second-order valence-corrected chi connectivity index (χ2v) is 8.91. The molecule has 0 bridgehead atoms. The van der Waals surface area contributed by atoms with Crippen molar-refractivity contribution >= 4 is 17.7 Å². The van der Waals surface area contributed by atoms with E-state index < -0.39 is 0 Å². The third-order valence-corrected chi connectivity index (χ3v) is 6.23. The number of hydrogen-bond donors (Lipinski definition) is 2. The lowest BCUT2D eigenvalue weighted by Gasteiger charge is -2.18. The normalized spacial score (nSPS) is 15.8. The van der Waals surface area contributed by atoms with E-state index in [2.05, 4.69) is 62.6 Å². The Kier molecular flexibility index (Phi) is 9.06. The largest absolute Gasteiger partial charge is 0.489 e. The first-order chi connectivity index (χ1) is 15.1. The Morgan fingerprint density at radius 1 is 1.29 bits per heavy atom. The van der Waals surface area contributed by atoms with E-state index in [4.69, 9.17) is 4.74 Å². The van der Waals surface area contributed by atoms with E-state index in [1.54, 1.807) is 18.8 Å². The standard InChI is InChI=1S/C23H36N6OS/c1-17-9-7-12-20(15-17)30-18(2)16-26-22(24-3)25-14-8-13-21-27-28-23(31-4)29(21)19-10-5-6-11-19/h7,9,12,15,18-19H,5-6,8,10-11,13-14,16H2,1-4H3,(H2,24,25,26). The number of nitrogens with one attached hydrogen (secondary N) is 2. The van der Waals surface area contributed by atoms with Crippen LogP contribution in [0.1, 0.15) is 56.5 Å². The van der Waals surface area contributed by atoms with Crippen molar-refractivity contribution in [3.63, 3.8) is 0 Å². The number of benzene rings is 1. The van der Waals surface area contributed by atoms with Crippen molar-refractivity contribution in [2.75, 3.05) is 26.4 Å². The van der Waals surface area contributed by atoms with Crippen molar-refractivity contribution in [2.24, 2.45) is 4.99 Å². The van der Waals surface area contributed by atoms with Gasteiger partial charge in [-0.25, -0.2) is 0 Å². The molecule has 1 unspecified atom stereocenters. The summed E-state index contributed by atoms with van der Waals surface area (Å²) < 4.78 is 8.37. The van der Waals surface area contributed by atoms with Crippen LogP contribution < -0.4 is 15.4 Å². The van der Waals surface area contributed by atoms with Crippen molar-refractivity contribution in [2.45, 2.75) is 69.7 Å². The maximum Gasteiger partial charge on any atom is 0.191 e. The Bertz CT molecular complexity index is 846. The summed E-state index contributed by atoms with van der Waals surface area (Å²) in [5.41, 5.74) is 1.20. The molecule has 1 aliphatic carbocycles. The maximum atomic E-state index is 5.98. The van der Waals surface area contributed by atoms with E-state index in [0.29, 0.717) is 12.6 Å². The Morgan fingerprint density at radius 2 is 2.10 bits per heavy atom. The number of rotatable bonds is 10. The van der Waals surface area contributed by atoms with Crippen LogP contribution in [-0.2, 0) is 6.42 Å². The summed E-state index contributed by atoms with van der Waals surface area (Å²) in [5.74, 6) is 2.80. The molecule has 3 rings (SSSR count). The summed E-state index contributed by atoms with van der Waals surface area (Å²) in [6.45, 7) is 5.64. The zero-order valence-electron chi connectivity index (χ0n) is 19.2. The van der Waals surface area contributed by atoms with Crippen molar-refractivity contribution in [3.8, 4) is 5.75 Å². The fraction of sp³-hybridized carbons (Fsp3) is 0.609. The van der Waals surface area contributed by atoms with Crippen LogP contribution in [0.15, 0.2) is 34.4 Å². The van der Waals surface area contributed by atoms with Gasteiger partial charge in [0, 0.05) is 26.1 Å². The molecule has 7 nitrogen and oxygen atoms in total. The molecule has 1 saturated carbocycles. The monoisotopic (exact) mass is 444 g/mol. The number of aryl methyl sites for hydroxylation is 2.